The highest BCUT2D eigenvalue weighted by molar-refractivity contribution is 8.18. The zero-order valence-electron chi connectivity index (χ0n) is 16.4. The van der Waals surface area contributed by atoms with Crippen LogP contribution < -0.4 is 5.32 Å². The highest BCUT2D eigenvalue weighted by Gasteiger charge is 2.26. The molecule has 5 heteroatoms. The first-order chi connectivity index (χ1) is 14.6. The zero-order valence-corrected chi connectivity index (χ0v) is 17.3. The quantitative estimate of drug-likeness (QED) is 0.511. The van der Waals surface area contributed by atoms with Crippen LogP contribution >= 0.6 is 11.8 Å². The Hall–Kier alpha value is -3.15. The normalized spacial score (nSPS) is 17.0. The predicted octanol–water partition coefficient (Wildman–Crippen LogP) is 5.88. The van der Waals surface area contributed by atoms with Crippen molar-refractivity contribution in [2.75, 3.05) is 0 Å². The number of hydrogen-bond acceptors (Lipinski definition) is 4. The number of thioether (sulfide) groups is 1. The summed E-state index contributed by atoms with van der Waals surface area (Å²) in [5.74, 6) is -0.366. The van der Waals surface area contributed by atoms with Gasteiger partial charge in [0.2, 0.25) is 0 Å². The Morgan fingerprint density at radius 1 is 0.833 bits per heavy atom. The standard InChI is InChI=1S/C25H21NO3S/c1-17(18-10-4-2-5-11-18)29-23(19-12-6-3-7-13-19)21-15-9-8-14-20(21)16-22-24(27)26-25(28)30-22/h2-17,23H,1H3,(H,26,27,28)/b22-16+. The minimum absolute atomic E-state index is 0.136. The molecule has 0 saturated carbocycles. The molecule has 1 heterocycles. The summed E-state index contributed by atoms with van der Waals surface area (Å²) in [5, 5.41) is 1.96. The average Bonchev–Trinajstić information content (AvgIpc) is 3.10. The molecule has 4 rings (SSSR count). The zero-order chi connectivity index (χ0) is 20.9. The Kier molecular flexibility index (Phi) is 6.12. The number of nitrogens with one attached hydrogen (secondary N) is 1. The van der Waals surface area contributed by atoms with E-state index < -0.39 is 0 Å². The molecular formula is C25H21NO3S. The maximum atomic E-state index is 12.1. The van der Waals surface area contributed by atoms with Crippen LogP contribution in [0.1, 0.15) is 41.4 Å². The molecule has 0 spiro atoms. The van der Waals surface area contributed by atoms with Gasteiger partial charge in [-0.25, -0.2) is 0 Å². The molecule has 2 unspecified atom stereocenters. The maximum absolute atomic E-state index is 12.1. The summed E-state index contributed by atoms with van der Waals surface area (Å²) < 4.78 is 6.56. The molecule has 1 fully saturated rings. The SMILES string of the molecule is CC(OC(c1ccccc1)c1ccccc1/C=C1/SC(=O)NC1=O)c1ccccc1. The molecule has 3 aromatic carbocycles. The number of ether oxygens (including phenoxy) is 1. The van der Waals surface area contributed by atoms with Gasteiger partial charge in [0.15, 0.2) is 0 Å². The van der Waals surface area contributed by atoms with Gasteiger partial charge in [-0.2, -0.15) is 0 Å². The Bertz CT molecular complexity index is 1080. The first-order valence-corrected chi connectivity index (χ1v) is 10.5. The molecule has 0 radical (unpaired) electrons. The van der Waals surface area contributed by atoms with Crippen LogP contribution in [0.25, 0.3) is 6.08 Å². The van der Waals surface area contributed by atoms with Gasteiger partial charge < -0.3 is 4.74 Å². The summed E-state index contributed by atoms with van der Waals surface area (Å²) >= 11 is 0.916. The van der Waals surface area contributed by atoms with Gasteiger partial charge >= 0.3 is 0 Å². The lowest BCUT2D eigenvalue weighted by Crippen LogP contribution is -2.18. The molecule has 4 nitrogen and oxygen atoms in total. The van der Waals surface area contributed by atoms with Crippen LogP contribution in [-0.4, -0.2) is 11.1 Å². The van der Waals surface area contributed by atoms with E-state index in [1.807, 2.05) is 91.9 Å². The lowest BCUT2D eigenvalue weighted by Gasteiger charge is -2.25. The average molecular weight is 416 g/mol. The number of carbonyl (C=O) groups excluding carboxylic acids is 2. The van der Waals surface area contributed by atoms with Crippen LogP contribution in [0.2, 0.25) is 0 Å². The van der Waals surface area contributed by atoms with Gasteiger partial charge in [0.25, 0.3) is 11.1 Å². The third-order valence-electron chi connectivity index (χ3n) is 4.92. The minimum Gasteiger partial charge on any atom is -0.361 e. The first-order valence-electron chi connectivity index (χ1n) is 9.71. The van der Waals surface area contributed by atoms with E-state index in [-0.39, 0.29) is 23.4 Å². The van der Waals surface area contributed by atoms with E-state index in [0.29, 0.717) is 4.91 Å². The van der Waals surface area contributed by atoms with Crippen molar-refractivity contribution in [3.8, 4) is 0 Å². The molecule has 0 aliphatic carbocycles. The molecule has 2 atom stereocenters. The molecule has 1 aliphatic rings. The number of imide groups is 1. The van der Waals surface area contributed by atoms with Gasteiger partial charge in [-0.15, -0.1) is 0 Å². The molecule has 30 heavy (non-hydrogen) atoms. The molecule has 0 bridgehead atoms. The Morgan fingerprint density at radius 3 is 2.07 bits per heavy atom. The maximum Gasteiger partial charge on any atom is 0.290 e. The number of amides is 2. The van der Waals surface area contributed by atoms with Crippen molar-refractivity contribution in [1.29, 1.82) is 0 Å². The second-order valence-corrected chi connectivity index (χ2v) is 7.98. The van der Waals surface area contributed by atoms with Crippen molar-refractivity contribution in [1.82, 2.24) is 5.32 Å². The van der Waals surface area contributed by atoms with E-state index in [4.69, 9.17) is 4.74 Å². The summed E-state index contributed by atoms with van der Waals surface area (Å²) in [6, 6.07) is 27.9. The van der Waals surface area contributed by atoms with E-state index in [0.717, 1.165) is 34.0 Å². The topological polar surface area (TPSA) is 55.4 Å². The second-order valence-electron chi connectivity index (χ2n) is 6.96. The van der Waals surface area contributed by atoms with Gasteiger partial charge in [-0.1, -0.05) is 84.9 Å². The van der Waals surface area contributed by atoms with Gasteiger partial charge in [-0.05, 0) is 47.0 Å². The van der Waals surface area contributed by atoms with Crippen LogP contribution in [0.15, 0.2) is 89.8 Å². The largest absolute Gasteiger partial charge is 0.361 e. The van der Waals surface area contributed by atoms with Gasteiger partial charge in [0.1, 0.15) is 6.10 Å². The molecule has 150 valence electrons. The highest BCUT2D eigenvalue weighted by Crippen LogP contribution is 2.35. The Morgan fingerprint density at radius 2 is 1.43 bits per heavy atom. The molecule has 1 aliphatic heterocycles. The van der Waals surface area contributed by atoms with Crippen molar-refractivity contribution in [2.24, 2.45) is 0 Å². The van der Waals surface area contributed by atoms with E-state index >= 15 is 0 Å². The van der Waals surface area contributed by atoms with Crippen molar-refractivity contribution in [2.45, 2.75) is 19.1 Å². The molecule has 1 saturated heterocycles. The lowest BCUT2D eigenvalue weighted by molar-refractivity contribution is -0.115. The van der Waals surface area contributed by atoms with Crippen molar-refractivity contribution in [3.05, 3.63) is 112 Å². The number of carbonyl (C=O) groups is 2. The summed E-state index contributed by atoms with van der Waals surface area (Å²) in [5.41, 5.74) is 3.89. The van der Waals surface area contributed by atoms with Crippen LogP contribution in [0.5, 0.6) is 0 Å². The molecule has 1 N–H and O–H groups in total. The van der Waals surface area contributed by atoms with Crippen LogP contribution in [0, 0.1) is 0 Å². The third-order valence-corrected chi connectivity index (χ3v) is 5.73. The number of benzene rings is 3. The molecule has 3 aromatic rings. The van der Waals surface area contributed by atoms with Gasteiger partial charge in [0.05, 0.1) is 11.0 Å². The fourth-order valence-electron chi connectivity index (χ4n) is 3.41. The van der Waals surface area contributed by atoms with Crippen LogP contribution in [0.3, 0.4) is 0 Å². The fourth-order valence-corrected chi connectivity index (χ4v) is 4.08. The highest BCUT2D eigenvalue weighted by atomic mass is 32.2. The van der Waals surface area contributed by atoms with Gasteiger partial charge in [-0.3, -0.25) is 14.9 Å². The second kappa shape index (κ2) is 9.11. The molecular weight excluding hydrogens is 394 g/mol. The Labute approximate surface area is 180 Å². The fraction of sp³-hybridized carbons (Fsp3) is 0.120. The van der Waals surface area contributed by atoms with Crippen LogP contribution in [0.4, 0.5) is 4.79 Å². The van der Waals surface area contributed by atoms with Crippen molar-refractivity contribution < 1.29 is 14.3 Å². The first kappa shape index (κ1) is 20.1. The third kappa shape index (κ3) is 4.53. The van der Waals surface area contributed by atoms with Crippen molar-refractivity contribution in [3.63, 3.8) is 0 Å². The molecule has 0 aromatic heterocycles. The summed E-state index contributed by atoms with van der Waals surface area (Å²) in [4.78, 5) is 24.0. The summed E-state index contributed by atoms with van der Waals surface area (Å²) in [6.07, 6.45) is 1.29. The van der Waals surface area contributed by atoms with Crippen molar-refractivity contribution >= 4 is 29.0 Å². The summed E-state index contributed by atoms with van der Waals surface area (Å²) in [7, 11) is 0. The van der Waals surface area contributed by atoms with E-state index in [9.17, 15) is 9.59 Å². The van der Waals surface area contributed by atoms with E-state index in [1.165, 1.54) is 0 Å². The number of rotatable bonds is 6. The smallest absolute Gasteiger partial charge is 0.290 e. The Balaban J connectivity index is 1.74. The molecule has 2 amide bonds. The monoisotopic (exact) mass is 415 g/mol. The summed E-state index contributed by atoms with van der Waals surface area (Å²) in [6.45, 7) is 2.03. The van der Waals surface area contributed by atoms with E-state index in [2.05, 4.69) is 5.32 Å². The minimum atomic E-state index is -0.366. The van der Waals surface area contributed by atoms with Gasteiger partial charge in [0, 0.05) is 0 Å². The predicted molar refractivity (Wildman–Crippen MR) is 120 cm³/mol. The lowest BCUT2D eigenvalue weighted by atomic mass is 9.95. The van der Waals surface area contributed by atoms with E-state index in [1.54, 1.807) is 6.08 Å². The number of hydrogen-bond donors (Lipinski definition) is 1. The van der Waals surface area contributed by atoms with Crippen LogP contribution in [-0.2, 0) is 9.53 Å².